The van der Waals surface area contributed by atoms with Crippen molar-refractivity contribution in [2.75, 3.05) is 6.61 Å². The van der Waals surface area contributed by atoms with Gasteiger partial charge in [0, 0.05) is 5.69 Å². The molecule has 1 aromatic rings. The number of ether oxygens (including phenoxy) is 1. The molecule has 1 heterocycles. The molecule has 0 spiro atoms. The molecule has 1 amide bonds. The molecule has 0 saturated carbocycles. The minimum atomic E-state index is -0.456. The number of carbonyl (C=O) groups is 1. The van der Waals surface area contributed by atoms with E-state index in [1.165, 1.54) is 0 Å². The summed E-state index contributed by atoms with van der Waals surface area (Å²) < 4.78 is 5.59. The molecule has 2 N–H and O–H groups in total. The highest BCUT2D eigenvalue weighted by molar-refractivity contribution is 5.95. The molecule has 0 bridgehead atoms. The number of nitrogens with zero attached hydrogens (tertiary/aromatic N) is 1. The summed E-state index contributed by atoms with van der Waals surface area (Å²) in [5.74, 6) is -0.0426. The lowest BCUT2D eigenvalue weighted by Gasteiger charge is -2.17. The van der Waals surface area contributed by atoms with E-state index in [1.807, 2.05) is 6.07 Å². The van der Waals surface area contributed by atoms with Crippen molar-refractivity contribution in [3.8, 4) is 5.88 Å². The van der Waals surface area contributed by atoms with Crippen molar-refractivity contribution in [1.29, 1.82) is 0 Å². The average Bonchev–Trinajstić information content (AvgIpc) is 2.38. The highest BCUT2D eigenvalue weighted by Gasteiger charge is 2.18. The number of pyridine rings is 1. The molecule has 1 aliphatic carbocycles. The van der Waals surface area contributed by atoms with Crippen molar-refractivity contribution in [2.45, 2.75) is 45.4 Å². The maximum Gasteiger partial charge on any atom is 0.254 e. The SMILES string of the molecule is CCCCOc1nc2c(cc1C(N)=O)CCCC2. The Morgan fingerprint density at radius 3 is 2.94 bits per heavy atom. The third-order valence-electron chi connectivity index (χ3n) is 3.27. The first kappa shape index (κ1) is 12.9. The zero-order chi connectivity index (χ0) is 13.0. The van der Waals surface area contributed by atoms with E-state index in [4.69, 9.17) is 10.5 Å². The molecule has 1 aliphatic rings. The zero-order valence-corrected chi connectivity index (χ0v) is 10.9. The predicted octanol–water partition coefficient (Wildman–Crippen LogP) is 2.24. The van der Waals surface area contributed by atoms with Gasteiger partial charge in [-0.05, 0) is 43.7 Å². The number of hydrogen-bond donors (Lipinski definition) is 1. The van der Waals surface area contributed by atoms with Gasteiger partial charge in [0.1, 0.15) is 5.56 Å². The van der Waals surface area contributed by atoms with E-state index in [9.17, 15) is 4.79 Å². The fourth-order valence-electron chi connectivity index (χ4n) is 2.21. The van der Waals surface area contributed by atoms with Gasteiger partial charge in [0.15, 0.2) is 0 Å². The monoisotopic (exact) mass is 248 g/mol. The number of carbonyl (C=O) groups excluding carboxylic acids is 1. The zero-order valence-electron chi connectivity index (χ0n) is 10.9. The minimum absolute atomic E-state index is 0.414. The summed E-state index contributed by atoms with van der Waals surface area (Å²) in [5, 5.41) is 0. The number of unbranched alkanes of at least 4 members (excludes halogenated alkanes) is 1. The molecule has 4 heteroatoms. The highest BCUT2D eigenvalue weighted by atomic mass is 16.5. The second-order valence-electron chi connectivity index (χ2n) is 4.72. The van der Waals surface area contributed by atoms with E-state index in [1.54, 1.807) is 0 Å². The van der Waals surface area contributed by atoms with Gasteiger partial charge in [-0.3, -0.25) is 4.79 Å². The summed E-state index contributed by atoms with van der Waals surface area (Å²) in [6, 6.07) is 1.87. The Hall–Kier alpha value is -1.58. The Morgan fingerprint density at radius 2 is 2.22 bits per heavy atom. The fourth-order valence-corrected chi connectivity index (χ4v) is 2.21. The molecule has 0 radical (unpaired) electrons. The second-order valence-corrected chi connectivity index (χ2v) is 4.72. The van der Waals surface area contributed by atoms with E-state index in [0.717, 1.165) is 49.8 Å². The van der Waals surface area contributed by atoms with Crippen LogP contribution >= 0.6 is 0 Å². The van der Waals surface area contributed by atoms with Crippen molar-refractivity contribution in [3.63, 3.8) is 0 Å². The fraction of sp³-hybridized carbons (Fsp3) is 0.571. The van der Waals surface area contributed by atoms with Crippen molar-refractivity contribution < 1.29 is 9.53 Å². The van der Waals surface area contributed by atoms with Crippen LogP contribution in [0.5, 0.6) is 5.88 Å². The summed E-state index contributed by atoms with van der Waals surface area (Å²) >= 11 is 0. The van der Waals surface area contributed by atoms with Crippen LogP contribution in [0.2, 0.25) is 0 Å². The van der Waals surface area contributed by atoms with Crippen LogP contribution in [-0.4, -0.2) is 17.5 Å². The number of hydrogen-bond acceptors (Lipinski definition) is 3. The van der Waals surface area contributed by atoms with Gasteiger partial charge in [-0.1, -0.05) is 13.3 Å². The summed E-state index contributed by atoms with van der Waals surface area (Å²) in [5.41, 5.74) is 8.03. The third-order valence-corrected chi connectivity index (χ3v) is 3.27. The smallest absolute Gasteiger partial charge is 0.254 e. The number of aromatic nitrogens is 1. The lowest BCUT2D eigenvalue weighted by atomic mass is 9.95. The van der Waals surface area contributed by atoms with Gasteiger partial charge >= 0.3 is 0 Å². The average molecular weight is 248 g/mol. The van der Waals surface area contributed by atoms with Crippen LogP contribution in [0, 0.1) is 0 Å². The van der Waals surface area contributed by atoms with Gasteiger partial charge in [-0.2, -0.15) is 0 Å². The number of fused-ring (bicyclic) bond motifs is 1. The van der Waals surface area contributed by atoms with Gasteiger partial charge in [0.25, 0.3) is 5.91 Å². The number of aryl methyl sites for hydroxylation is 2. The molecule has 0 aliphatic heterocycles. The number of amides is 1. The lowest BCUT2D eigenvalue weighted by Crippen LogP contribution is -2.17. The van der Waals surface area contributed by atoms with Crippen molar-refractivity contribution >= 4 is 5.91 Å². The summed E-state index contributed by atoms with van der Waals surface area (Å²) in [6.07, 6.45) is 6.28. The number of rotatable bonds is 5. The van der Waals surface area contributed by atoms with Gasteiger partial charge in [0.05, 0.1) is 6.61 Å². The molecular weight excluding hydrogens is 228 g/mol. The quantitative estimate of drug-likeness (QED) is 0.813. The van der Waals surface area contributed by atoms with Crippen LogP contribution in [0.25, 0.3) is 0 Å². The normalized spacial score (nSPS) is 14.1. The van der Waals surface area contributed by atoms with Crippen molar-refractivity contribution in [1.82, 2.24) is 4.98 Å². The first-order chi connectivity index (χ1) is 8.72. The number of nitrogens with two attached hydrogens (primary N) is 1. The van der Waals surface area contributed by atoms with Gasteiger partial charge in [-0.15, -0.1) is 0 Å². The molecule has 0 unspecified atom stereocenters. The van der Waals surface area contributed by atoms with E-state index in [2.05, 4.69) is 11.9 Å². The van der Waals surface area contributed by atoms with Crippen LogP contribution < -0.4 is 10.5 Å². The molecule has 0 fully saturated rings. The molecule has 98 valence electrons. The van der Waals surface area contributed by atoms with Gasteiger partial charge in [0.2, 0.25) is 5.88 Å². The standard InChI is InChI=1S/C14H20N2O2/c1-2-3-8-18-14-11(13(15)17)9-10-6-4-5-7-12(10)16-14/h9H,2-8H2,1H3,(H2,15,17). The minimum Gasteiger partial charge on any atom is -0.477 e. The molecule has 2 rings (SSSR count). The Balaban J connectivity index is 2.27. The maximum atomic E-state index is 11.4. The number of primary amides is 1. The van der Waals surface area contributed by atoms with E-state index < -0.39 is 5.91 Å². The summed E-state index contributed by atoms with van der Waals surface area (Å²) in [7, 11) is 0. The van der Waals surface area contributed by atoms with Crippen LogP contribution in [-0.2, 0) is 12.8 Å². The summed E-state index contributed by atoms with van der Waals surface area (Å²) in [4.78, 5) is 15.9. The summed E-state index contributed by atoms with van der Waals surface area (Å²) in [6.45, 7) is 2.68. The highest BCUT2D eigenvalue weighted by Crippen LogP contribution is 2.25. The Kier molecular flexibility index (Phi) is 4.18. The Morgan fingerprint density at radius 1 is 1.44 bits per heavy atom. The first-order valence-corrected chi connectivity index (χ1v) is 6.67. The maximum absolute atomic E-state index is 11.4. The van der Waals surface area contributed by atoms with E-state index >= 15 is 0 Å². The van der Waals surface area contributed by atoms with Crippen LogP contribution in [0.15, 0.2) is 6.07 Å². The molecule has 18 heavy (non-hydrogen) atoms. The Bertz CT molecular complexity index is 444. The van der Waals surface area contributed by atoms with Gasteiger partial charge in [-0.25, -0.2) is 4.98 Å². The molecule has 1 aromatic heterocycles. The predicted molar refractivity (Wildman–Crippen MR) is 69.8 cm³/mol. The molecule has 0 saturated heterocycles. The van der Waals surface area contributed by atoms with Gasteiger partial charge < -0.3 is 10.5 Å². The molecule has 0 atom stereocenters. The van der Waals surface area contributed by atoms with Crippen LogP contribution in [0.1, 0.15) is 54.2 Å². The topological polar surface area (TPSA) is 65.2 Å². The van der Waals surface area contributed by atoms with Crippen molar-refractivity contribution in [2.24, 2.45) is 5.73 Å². The molecule has 4 nitrogen and oxygen atoms in total. The van der Waals surface area contributed by atoms with E-state index in [0.29, 0.717) is 18.1 Å². The second kappa shape index (κ2) is 5.85. The Labute approximate surface area is 108 Å². The lowest BCUT2D eigenvalue weighted by molar-refractivity contribution is 0.0995. The molecule has 0 aromatic carbocycles. The van der Waals surface area contributed by atoms with Crippen LogP contribution in [0.4, 0.5) is 0 Å². The first-order valence-electron chi connectivity index (χ1n) is 6.67. The van der Waals surface area contributed by atoms with E-state index in [-0.39, 0.29) is 0 Å². The van der Waals surface area contributed by atoms with Crippen LogP contribution in [0.3, 0.4) is 0 Å². The molecular formula is C14H20N2O2. The van der Waals surface area contributed by atoms with Crippen molar-refractivity contribution in [3.05, 3.63) is 22.9 Å². The third kappa shape index (κ3) is 2.81. The largest absolute Gasteiger partial charge is 0.477 e.